The number of ether oxygens (including phenoxy) is 2. The number of aryl methyl sites for hydroxylation is 1. The van der Waals surface area contributed by atoms with Gasteiger partial charge < -0.3 is 14.4 Å². The van der Waals surface area contributed by atoms with Crippen LogP contribution in [0.25, 0.3) is 0 Å². The van der Waals surface area contributed by atoms with E-state index >= 15 is 0 Å². The summed E-state index contributed by atoms with van der Waals surface area (Å²) in [7, 11) is 1.92. The minimum atomic E-state index is 0.0503. The maximum Gasteiger partial charge on any atom is 0.254 e. The molecule has 0 aliphatic carbocycles. The van der Waals surface area contributed by atoms with Gasteiger partial charge in [-0.15, -0.1) is 0 Å². The van der Waals surface area contributed by atoms with Gasteiger partial charge in [0, 0.05) is 57.1 Å². The summed E-state index contributed by atoms with van der Waals surface area (Å²) in [6.45, 7) is 4.29. The highest BCUT2D eigenvalue weighted by molar-refractivity contribution is 5.95. The lowest BCUT2D eigenvalue weighted by Gasteiger charge is -2.34. The van der Waals surface area contributed by atoms with Gasteiger partial charge in [-0.2, -0.15) is 5.10 Å². The van der Waals surface area contributed by atoms with E-state index in [1.165, 1.54) is 5.56 Å². The molecular weight excluding hydrogens is 308 g/mol. The van der Waals surface area contributed by atoms with Crippen LogP contribution < -0.4 is 9.47 Å². The zero-order valence-electron chi connectivity index (χ0n) is 13.6. The molecule has 126 valence electrons. The van der Waals surface area contributed by atoms with Crippen molar-refractivity contribution in [3.63, 3.8) is 0 Å². The molecule has 0 radical (unpaired) electrons. The van der Waals surface area contributed by atoms with E-state index in [1.54, 1.807) is 18.2 Å². The number of aromatic nitrogens is 2. The van der Waals surface area contributed by atoms with Gasteiger partial charge in [-0.25, -0.2) is 0 Å². The summed E-state index contributed by atoms with van der Waals surface area (Å²) in [5.41, 5.74) is 1.85. The van der Waals surface area contributed by atoms with Crippen molar-refractivity contribution in [1.29, 1.82) is 0 Å². The van der Waals surface area contributed by atoms with Crippen molar-refractivity contribution in [3.05, 3.63) is 41.7 Å². The van der Waals surface area contributed by atoms with Gasteiger partial charge >= 0.3 is 0 Å². The Morgan fingerprint density at radius 2 is 1.96 bits per heavy atom. The third-order valence-corrected chi connectivity index (χ3v) is 4.44. The molecular formula is C17H20N4O3. The molecule has 2 aliphatic heterocycles. The topological polar surface area (TPSA) is 59.8 Å². The predicted octanol–water partition coefficient (Wildman–Crippen LogP) is 1.11. The van der Waals surface area contributed by atoms with Crippen LogP contribution in [0.4, 0.5) is 0 Å². The Bertz CT molecular complexity index is 750. The van der Waals surface area contributed by atoms with Gasteiger partial charge in [0.25, 0.3) is 5.91 Å². The quantitative estimate of drug-likeness (QED) is 0.845. The molecule has 0 N–H and O–H groups in total. The predicted molar refractivity (Wildman–Crippen MR) is 87.0 cm³/mol. The van der Waals surface area contributed by atoms with Crippen LogP contribution in [-0.4, -0.2) is 58.5 Å². The third-order valence-electron chi connectivity index (χ3n) is 4.44. The molecule has 2 aliphatic rings. The van der Waals surface area contributed by atoms with Crippen LogP contribution in [0.5, 0.6) is 11.5 Å². The molecule has 1 amide bonds. The molecule has 1 saturated heterocycles. The second-order valence-corrected chi connectivity index (χ2v) is 6.16. The lowest BCUT2D eigenvalue weighted by Crippen LogP contribution is -2.48. The fourth-order valence-corrected chi connectivity index (χ4v) is 3.13. The largest absolute Gasteiger partial charge is 0.454 e. The van der Waals surface area contributed by atoms with Crippen LogP contribution in [0.15, 0.2) is 30.6 Å². The summed E-state index contributed by atoms with van der Waals surface area (Å²) in [6, 6.07) is 5.37. The van der Waals surface area contributed by atoms with Gasteiger partial charge in [-0.05, 0) is 18.2 Å². The number of nitrogens with zero attached hydrogens (tertiary/aromatic N) is 4. The number of amides is 1. The second-order valence-electron chi connectivity index (χ2n) is 6.16. The Labute approximate surface area is 140 Å². The Hall–Kier alpha value is -2.54. The van der Waals surface area contributed by atoms with Gasteiger partial charge in [-0.3, -0.25) is 14.4 Å². The molecule has 0 unspecified atom stereocenters. The molecule has 1 fully saturated rings. The van der Waals surface area contributed by atoms with Gasteiger partial charge in [-0.1, -0.05) is 0 Å². The van der Waals surface area contributed by atoms with Crippen LogP contribution in [-0.2, 0) is 13.6 Å². The van der Waals surface area contributed by atoms with Crippen LogP contribution in [0.1, 0.15) is 15.9 Å². The van der Waals surface area contributed by atoms with Crippen LogP contribution in [0.2, 0.25) is 0 Å². The van der Waals surface area contributed by atoms with Crippen molar-refractivity contribution < 1.29 is 14.3 Å². The molecule has 0 bridgehead atoms. The van der Waals surface area contributed by atoms with Crippen molar-refractivity contribution in [2.45, 2.75) is 6.54 Å². The number of fused-ring (bicyclic) bond motifs is 1. The molecule has 3 heterocycles. The third kappa shape index (κ3) is 2.94. The highest BCUT2D eigenvalue weighted by Crippen LogP contribution is 2.32. The van der Waals surface area contributed by atoms with Crippen molar-refractivity contribution in [3.8, 4) is 11.5 Å². The molecule has 0 spiro atoms. The first kappa shape index (κ1) is 15.0. The second kappa shape index (κ2) is 6.16. The SMILES string of the molecule is Cn1cc(CN2CCN(C(=O)c3ccc4c(c3)OCO4)CC2)cn1. The zero-order chi connectivity index (χ0) is 16.5. The van der Waals surface area contributed by atoms with E-state index in [1.807, 2.05) is 29.0 Å². The average Bonchev–Trinajstić information content (AvgIpc) is 3.23. The van der Waals surface area contributed by atoms with E-state index in [2.05, 4.69) is 10.00 Å². The molecule has 0 saturated carbocycles. The summed E-state index contributed by atoms with van der Waals surface area (Å²) in [5, 5.41) is 4.20. The van der Waals surface area contributed by atoms with Gasteiger partial charge in [0.1, 0.15) is 0 Å². The Kier molecular flexibility index (Phi) is 3.86. The first-order valence-corrected chi connectivity index (χ1v) is 8.08. The summed E-state index contributed by atoms with van der Waals surface area (Å²) in [4.78, 5) is 16.9. The van der Waals surface area contributed by atoms with Crippen LogP contribution in [0.3, 0.4) is 0 Å². The molecule has 2 aromatic rings. The summed E-state index contributed by atoms with van der Waals surface area (Å²) < 4.78 is 12.5. The van der Waals surface area contributed by atoms with E-state index < -0.39 is 0 Å². The van der Waals surface area contributed by atoms with Crippen LogP contribution >= 0.6 is 0 Å². The maximum atomic E-state index is 12.7. The molecule has 1 aromatic heterocycles. The summed E-state index contributed by atoms with van der Waals surface area (Å²) in [5.74, 6) is 1.40. The van der Waals surface area contributed by atoms with Gasteiger partial charge in [0.05, 0.1) is 6.20 Å². The number of piperazine rings is 1. The number of carbonyl (C=O) groups excluding carboxylic acids is 1. The fraction of sp³-hybridized carbons (Fsp3) is 0.412. The Morgan fingerprint density at radius 1 is 1.17 bits per heavy atom. The fourth-order valence-electron chi connectivity index (χ4n) is 3.13. The first-order valence-electron chi connectivity index (χ1n) is 8.08. The lowest BCUT2D eigenvalue weighted by atomic mass is 10.1. The van der Waals surface area contributed by atoms with Crippen molar-refractivity contribution in [2.24, 2.45) is 7.05 Å². The smallest absolute Gasteiger partial charge is 0.254 e. The van der Waals surface area contributed by atoms with E-state index in [9.17, 15) is 4.79 Å². The summed E-state index contributed by atoms with van der Waals surface area (Å²) in [6.07, 6.45) is 3.92. The highest BCUT2D eigenvalue weighted by atomic mass is 16.7. The molecule has 7 heteroatoms. The highest BCUT2D eigenvalue weighted by Gasteiger charge is 2.24. The Morgan fingerprint density at radius 3 is 2.71 bits per heavy atom. The number of benzene rings is 1. The molecule has 0 atom stereocenters. The van der Waals surface area contributed by atoms with E-state index in [0.29, 0.717) is 17.1 Å². The lowest BCUT2D eigenvalue weighted by molar-refractivity contribution is 0.0628. The van der Waals surface area contributed by atoms with Crippen molar-refractivity contribution >= 4 is 5.91 Å². The summed E-state index contributed by atoms with van der Waals surface area (Å²) >= 11 is 0. The van der Waals surface area contributed by atoms with Gasteiger partial charge in [0.15, 0.2) is 11.5 Å². The van der Waals surface area contributed by atoms with Gasteiger partial charge in [0.2, 0.25) is 6.79 Å². The van der Waals surface area contributed by atoms with E-state index in [0.717, 1.165) is 32.7 Å². The van der Waals surface area contributed by atoms with Crippen molar-refractivity contribution in [1.82, 2.24) is 19.6 Å². The zero-order valence-corrected chi connectivity index (χ0v) is 13.6. The Balaban J connectivity index is 1.36. The average molecular weight is 328 g/mol. The molecule has 24 heavy (non-hydrogen) atoms. The number of hydrogen-bond acceptors (Lipinski definition) is 5. The maximum absolute atomic E-state index is 12.7. The number of hydrogen-bond donors (Lipinski definition) is 0. The standard InChI is InChI=1S/C17H20N4O3/c1-19-10-13(9-18-19)11-20-4-6-21(7-5-20)17(22)14-2-3-15-16(8-14)24-12-23-15/h2-3,8-10H,4-7,11-12H2,1H3. The normalized spacial score (nSPS) is 17.3. The number of carbonyl (C=O) groups is 1. The monoisotopic (exact) mass is 328 g/mol. The molecule has 1 aromatic carbocycles. The minimum absolute atomic E-state index is 0.0503. The van der Waals surface area contributed by atoms with E-state index in [4.69, 9.17) is 9.47 Å². The van der Waals surface area contributed by atoms with E-state index in [-0.39, 0.29) is 12.7 Å². The van der Waals surface area contributed by atoms with Crippen LogP contribution in [0, 0.1) is 0 Å². The number of rotatable bonds is 3. The minimum Gasteiger partial charge on any atom is -0.454 e. The van der Waals surface area contributed by atoms with Crippen molar-refractivity contribution in [2.75, 3.05) is 33.0 Å². The molecule has 4 rings (SSSR count). The first-order chi connectivity index (χ1) is 11.7. The molecule has 7 nitrogen and oxygen atoms in total.